The highest BCUT2D eigenvalue weighted by atomic mass is 16.7. The van der Waals surface area contributed by atoms with E-state index in [0.29, 0.717) is 104 Å². The molecule has 0 aliphatic carbocycles. The van der Waals surface area contributed by atoms with Crippen molar-refractivity contribution in [3.8, 4) is 0 Å². The van der Waals surface area contributed by atoms with E-state index in [9.17, 15) is 28.8 Å². The summed E-state index contributed by atoms with van der Waals surface area (Å²) in [6, 6.07) is 0. The summed E-state index contributed by atoms with van der Waals surface area (Å²) in [5.41, 5.74) is 0. The highest BCUT2D eigenvalue weighted by Gasteiger charge is 2.32. The zero-order valence-corrected chi connectivity index (χ0v) is 28.1. The third-order valence-electron chi connectivity index (χ3n) is 6.64. The van der Waals surface area contributed by atoms with Crippen LogP contribution in [-0.4, -0.2) is 171 Å². The molecular weight excluding hydrogens is 656 g/mol. The van der Waals surface area contributed by atoms with Crippen molar-refractivity contribution in [1.82, 2.24) is 9.96 Å². The van der Waals surface area contributed by atoms with Crippen LogP contribution in [0.1, 0.15) is 38.5 Å². The first-order valence-corrected chi connectivity index (χ1v) is 16.5. The van der Waals surface area contributed by atoms with Crippen molar-refractivity contribution in [1.29, 1.82) is 0 Å². The molecule has 49 heavy (non-hydrogen) atoms. The van der Waals surface area contributed by atoms with Gasteiger partial charge in [-0.3, -0.25) is 28.9 Å². The molecule has 0 N–H and O–H groups in total. The molecule has 2 aliphatic rings. The number of carbonyl (C=O) groups is 6. The van der Waals surface area contributed by atoms with E-state index in [1.54, 1.807) is 0 Å². The van der Waals surface area contributed by atoms with Crippen molar-refractivity contribution in [3.05, 3.63) is 0 Å². The third-order valence-corrected chi connectivity index (χ3v) is 6.64. The van der Waals surface area contributed by atoms with E-state index in [2.05, 4.69) is 0 Å². The smallest absolute Gasteiger partial charge is 0.335 e. The standard InChI is InChI=1S/C31H50N2O16/c34-26(25-32-27(35)1-2-28(32)36)5-7-40-9-11-42-13-15-44-17-19-46-21-23-48-24-22-47-20-18-45-16-14-43-12-10-41-8-6-31(39)49-33-29(37)3-4-30(33)38/h1-25H2. The molecule has 4 amide bonds. The monoisotopic (exact) mass is 706 g/mol. The molecule has 0 bridgehead atoms. The lowest BCUT2D eigenvalue weighted by Crippen LogP contribution is -2.34. The first-order chi connectivity index (χ1) is 23.9. The lowest BCUT2D eigenvalue weighted by molar-refractivity contribution is -0.198. The Kier molecular flexibility index (Phi) is 24.0. The molecule has 2 aliphatic heterocycles. The summed E-state index contributed by atoms with van der Waals surface area (Å²) >= 11 is 0. The number of Topliss-reactive ketones (excluding diaryl/α,β-unsaturated/α-hetero) is 1. The number of likely N-dealkylation sites (tertiary alicyclic amines) is 1. The number of carbonyl (C=O) groups excluding carboxylic acids is 6. The number of hydroxylamine groups is 2. The number of imide groups is 2. The Balaban J connectivity index is 1.18. The average molecular weight is 707 g/mol. The van der Waals surface area contributed by atoms with Gasteiger partial charge in [-0.25, -0.2) is 4.79 Å². The molecule has 2 saturated heterocycles. The minimum atomic E-state index is -0.708. The van der Waals surface area contributed by atoms with Crippen molar-refractivity contribution in [3.63, 3.8) is 0 Å². The minimum absolute atomic E-state index is 0.0518. The second-order valence-electron chi connectivity index (χ2n) is 10.5. The van der Waals surface area contributed by atoms with Crippen molar-refractivity contribution >= 4 is 35.4 Å². The summed E-state index contributed by atoms with van der Waals surface area (Å²) in [5.74, 6) is -2.55. The van der Waals surface area contributed by atoms with Gasteiger partial charge >= 0.3 is 5.97 Å². The Morgan fingerprint density at radius 1 is 0.408 bits per heavy atom. The molecule has 0 aromatic heterocycles. The maximum Gasteiger partial charge on any atom is 0.335 e. The molecule has 0 saturated carbocycles. The average Bonchev–Trinajstić information content (AvgIpc) is 3.57. The molecule has 2 heterocycles. The maximum atomic E-state index is 11.9. The molecule has 0 unspecified atom stereocenters. The Morgan fingerprint density at radius 3 is 1.04 bits per heavy atom. The third kappa shape index (κ3) is 21.0. The zero-order valence-electron chi connectivity index (χ0n) is 28.1. The summed E-state index contributed by atoms with van der Waals surface area (Å²) in [6.45, 7) is 6.46. The Hall–Kier alpha value is -2.94. The lowest BCUT2D eigenvalue weighted by atomic mass is 10.3. The van der Waals surface area contributed by atoms with Gasteiger partial charge < -0.3 is 47.5 Å². The van der Waals surface area contributed by atoms with E-state index in [4.69, 9.17) is 47.5 Å². The predicted molar refractivity (Wildman–Crippen MR) is 165 cm³/mol. The lowest BCUT2D eigenvalue weighted by Gasteiger charge is -2.12. The van der Waals surface area contributed by atoms with Gasteiger partial charge in [0.05, 0.1) is 132 Å². The molecule has 2 rings (SSSR count). The van der Waals surface area contributed by atoms with Crippen LogP contribution in [0.3, 0.4) is 0 Å². The number of rotatable bonds is 33. The van der Waals surface area contributed by atoms with Crippen molar-refractivity contribution in [2.24, 2.45) is 0 Å². The fraction of sp³-hybridized carbons (Fsp3) is 0.806. The van der Waals surface area contributed by atoms with Crippen LogP contribution in [0.25, 0.3) is 0 Å². The maximum absolute atomic E-state index is 11.9. The van der Waals surface area contributed by atoms with Crippen LogP contribution < -0.4 is 0 Å². The molecule has 280 valence electrons. The molecule has 0 aromatic rings. The fourth-order valence-corrected chi connectivity index (χ4v) is 4.06. The van der Waals surface area contributed by atoms with Crippen LogP contribution in [0, 0.1) is 0 Å². The van der Waals surface area contributed by atoms with Gasteiger partial charge in [-0.15, -0.1) is 5.06 Å². The van der Waals surface area contributed by atoms with Crippen molar-refractivity contribution in [2.45, 2.75) is 38.5 Å². The van der Waals surface area contributed by atoms with E-state index in [0.717, 1.165) is 4.90 Å². The van der Waals surface area contributed by atoms with Gasteiger partial charge in [0.25, 0.3) is 11.8 Å². The predicted octanol–water partition coefficient (Wildman–Crippen LogP) is -0.759. The van der Waals surface area contributed by atoms with Gasteiger partial charge in [0, 0.05) is 32.1 Å². The van der Waals surface area contributed by atoms with Gasteiger partial charge in [0.2, 0.25) is 11.8 Å². The first kappa shape index (κ1) is 42.2. The normalized spacial score (nSPS) is 14.9. The Morgan fingerprint density at radius 2 is 0.694 bits per heavy atom. The van der Waals surface area contributed by atoms with Gasteiger partial charge in [0.1, 0.15) is 0 Å². The fourth-order valence-electron chi connectivity index (χ4n) is 4.06. The largest absolute Gasteiger partial charge is 0.379 e. The minimum Gasteiger partial charge on any atom is -0.379 e. The molecule has 2 fully saturated rings. The Labute approximate surface area is 285 Å². The SMILES string of the molecule is O=C(CCOCCOCCOCCOCCOCCOCCOCCOCCOCCC(=O)ON1C(=O)CCC1=O)CN1C(=O)CCC1=O. The molecule has 0 spiro atoms. The zero-order chi connectivity index (χ0) is 35.4. The van der Waals surface area contributed by atoms with E-state index in [-0.39, 0.29) is 82.5 Å². The summed E-state index contributed by atoms with van der Waals surface area (Å²) in [5, 5.41) is 0.511. The number of hydrogen-bond acceptors (Lipinski definition) is 16. The van der Waals surface area contributed by atoms with E-state index in [1.165, 1.54) is 0 Å². The number of amides is 4. The van der Waals surface area contributed by atoms with Gasteiger partial charge in [0.15, 0.2) is 5.78 Å². The molecule has 0 atom stereocenters. The number of ether oxygens (including phenoxy) is 9. The highest BCUT2D eigenvalue weighted by Crippen LogP contribution is 2.13. The van der Waals surface area contributed by atoms with Crippen LogP contribution in [0.15, 0.2) is 0 Å². The topological polar surface area (TPSA) is 201 Å². The van der Waals surface area contributed by atoms with Crippen LogP contribution in [0.5, 0.6) is 0 Å². The molecule has 18 heteroatoms. The quantitative estimate of drug-likeness (QED) is 0.0608. The molecule has 18 nitrogen and oxygen atoms in total. The van der Waals surface area contributed by atoms with Gasteiger partial charge in [-0.05, 0) is 0 Å². The number of nitrogens with zero attached hydrogens (tertiary/aromatic N) is 2. The van der Waals surface area contributed by atoms with Crippen LogP contribution in [0.4, 0.5) is 0 Å². The summed E-state index contributed by atoms with van der Waals surface area (Å²) in [4.78, 5) is 75.1. The second-order valence-corrected chi connectivity index (χ2v) is 10.5. The Bertz CT molecular complexity index is 889. The van der Waals surface area contributed by atoms with Crippen LogP contribution in [0.2, 0.25) is 0 Å². The molecular formula is C31H50N2O16. The van der Waals surface area contributed by atoms with Gasteiger partial charge in [-0.1, -0.05) is 0 Å². The van der Waals surface area contributed by atoms with Gasteiger partial charge in [-0.2, -0.15) is 0 Å². The van der Waals surface area contributed by atoms with Crippen LogP contribution in [-0.2, 0) is 76.2 Å². The summed E-state index contributed by atoms with van der Waals surface area (Å²) in [6.07, 6.45) is 0.507. The number of hydrogen-bond donors (Lipinski definition) is 0. The molecule has 0 radical (unpaired) electrons. The van der Waals surface area contributed by atoms with Crippen molar-refractivity contribution < 1.29 is 76.2 Å². The van der Waals surface area contributed by atoms with Crippen molar-refractivity contribution in [2.75, 3.05) is 125 Å². The van der Waals surface area contributed by atoms with E-state index < -0.39 is 17.8 Å². The summed E-state index contributed by atoms with van der Waals surface area (Å²) in [7, 11) is 0. The number of ketones is 1. The first-order valence-electron chi connectivity index (χ1n) is 16.5. The second kappa shape index (κ2) is 27.8. The van der Waals surface area contributed by atoms with E-state index in [1.807, 2.05) is 0 Å². The highest BCUT2D eigenvalue weighted by molar-refractivity contribution is 6.04. The molecule has 0 aromatic carbocycles. The van der Waals surface area contributed by atoms with Crippen LogP contribution >= 0.6 is 0 Å². The summed E-state index contributed by atoms with van der Waals surface area (Å²) < 4.78 is 48.5. The van der Waals surface area contributed by atoms with E-state index >= 15 is 0 Å².